The van der Waals surface area contributed by atoms with E-state index in [9.17, 15) is 39.9 Å². The van der Waals surface area contributed by atoms with Crippen molar-refractivity contribution in [2.45, 2.75) is 55.9 Å². The smallest absolute Gasteiger partial charge is 0.349 e. The van der Waals surface area contributed by atoms with Crippen molar-refractivity contribution in [1.29, 1.82) is 0 Å². The summed E-state index contributed by atoms with van der Waals surface area (Å²) < 4.78 is 124. The first-order valence-electron chi connectivity index (χ1n) is 10.9. The minimum Gasteiger partial charge on any atom is -0.349 e. The Balaban J connectivity index is 1.96. The lowest BCUT2D eigenvalue weighted by molar-refractivity contribution is -0.140. The predicted molar refractivity (Wildman–Crippen MR) is 131 cm³/mol. The highest BCUT2D eigenvalue weighted by Gasteiger charge is 2.41. The van der Waals surface area contributed by atoms with Gasteiger partial charge in [-0.15, -0.1) is 0 Å². The van der Waals surface area contributed by atoms with E-state index in [1.807, 2.05) is 0 Å². The van der Waals surface area contributed by atoms with Crippen LogP contribution in [0.15, 0.2) is 45.4 Å². The molecule has 14 heteroatoms. The molecule has 1 N–H and O–H groups in total. The Morgan fingerprint density at radius 2 is 1.58 bits per heavy atom. The van der Waals surface area contributed by atoms with Gasteiger partial charge in [0.15, 0.2) is 0 Å². The summed E-state index contributed by atoms with van der Waals surface area (Å²) in [6, 6.07) is 2.83. The van der Waals surface area contributed by atoms with Crippen molar-refractivity contribution in [2.24, 2.45) is 0 Å². The third kappa shape index (κ3) is 7.47. The van der Waals surface area contributed by atoms with Crippen LogP contribution in [-0.4, -0.2) is 24.0 Å². The van der Waals surface area contributed by atoms with Crippen molar-refractivity contribution in [2.75, 3.05) is 0 Å². The second kappa shape index (κ2) is 11.4. The highest BCUT2D eigenvalue weighted by Crippen LogP contribution is 2.43. The number of halogens is 12. The highest BCUT2D eigenvalue weighted by molar-refractivity contribution is 9.11. The van der Waals surface area contributed by atoms with Crippen molar-refractivity contribution in [3.05, 3.63) is 72.6 Å². The molecular formula is C24H17Br2ClF9NO. The number of rotatable bonds is 5. The van der Waals surface area contributed by atoms with Crippen molar-refractivity contribution >= 4 is 55.2 Å². The Morgan fingerprint density at radius 1 is 1.03 bits per heavy atom. The molecule has 2 nitrogen and oxygen atoms in total. The first-order chi connectivity index (χ1) is 17.4. The van der Waals surface area contributed by atoms with Crippen LogP contribution in [-0.2, 0) is 6.18 Å². The van der Waals surface area contributed by atoms with E-state index < -0.39 is 77.1 Å². The normalized spacial score (nSPS) is 17.8. The molecule has 1 saturated carbocycles. The Hall–Kier alpha value is -1.73. The van der Waals surface area contributed by atoms with E-state index in [2.05, 4.69) is 37.2 Å². The quantitative estimate of drug-likeness (QED) is 0.244. The molecule has 0 heterocycles. The number of amides is 1. The summed E-state index contributed by atoms with van der Waals surface area (Å²) in [7, 11) is 0. The number of hydrogen-bond acceptors (Lipinski definition) is 1. The third-order valence-corrected chi connectivity index (χ3v) is 8.04. The van der Waals surface area contributed by atoms with Crippen molar-refractivity contribution in [1.82, 2.24) is 5.32 Å². The van der Waals surface area contributed by atoms with E-state index in [-0.39, 0.29) is 39.0 Å². The second-order valence-electron chi connectivity index (χ2n) is 8.69. The van der Waals surface area contributed by atoms with Gasteiger partial charge in [0.25, 0.3) is 5.91 Å². The van der Waals surface area contributed by atoms with Crippen LogP contribution in [0.3, 0.4) is 0 Å². The average molecular weight is 702 g/mol. The number of carbonyl (C=O) groups is 1. The molecule has 2 aromatic carbocycles. The van der Waals surface area contributed by atoms with Crippen molar-refractivity contribution in [3.8, 4) is 0 Å². The van der Waals surface area contributed by atoms with Crippen molar-refractivity contribution in [3.63, 3.8) is 0 Å². The molecule has 38 heavy (non-hydrogen) atoms. The first kappa shape index (κ1) is 30.8. The van der Waals surface area contributed by atoms with E-state index >= 15 is 4.39 Å². The molecule has 0 aliphatic heterocycles. The molecule has 0 bridgehead atoms. The summed E-state index contributed by atoms with van der Waals surface area (Å²) in [6.45, 7) is 0. The zero-order valence-electron chi connectivity index (χ0n) is 18.9. The molecular weight excluding hydrogens is 685 g/mol. The predicted octanol–water partition coefficient (Wildman–Crippen LogP) is 9.85. The van der Waals surface area contributed by atoms with E-state index in [1.54, 1.807) is 0 Å². The lowest BCUT2D eigenvalue weighted by Gasteiger charge is -2.29. The standard InChI is InChI=1S/C24H17Br2ClF9NO/c25-17-8-12(9-18(26)20(17)27)15(23(31,32)33)10-19(28)11-1-2-14(16(7-11)24(34,35)36)21(38)37-13-3-5-22(29,30)6-4-13/h1-2,7-10,13,15H,3-6H2,(H,37,38). The van der Waals surface area contributed by atoms with Crippen LogP contribution in [0.4, 0.5) is 39.5 Å². The fraction of sp³-hybridized carbons (Fsp3) is 0.375. The summed E-state index contributed by atoms with van der Waals surface area (Å²) in [4.78, 5) is 12.5. The molecule has 0 aromatic heterocycles. The maximum Gasteiger partial charge on any atom is 0.417 e. The summed E-state index contributed by atoms with van der Waals surface area (Å²) in [5, 5.41) is 2.33. The van der Waals surface area contributed by atoms with Gasteiger partial charge in [0.2, 0.25) is 5.92 Å². The summed E-state index contributed by atoms with van der Waals surface area (Å²) in [6.07, 6.45) is -11.4. The van der Waals surface area contributed by atoms with Gasteiger partial charge in [0.1, 0.15) is 11.7 Å². The molecule has 1 amide bonds. The van der Waals surface area contributed by atoms with Crippen LogP contribution in [0.25, 0.3) is 5.83 Å². The van der Waals surface area contributed by atoms with Crippen molar-refractivity contribution < 1.29 is 44.3 Å². The molecule has 0 spiro atoms. The second-order valence-corrected chi connectivity index (χ2v) is 10.8. The SMILES string of the molecule is O=C(NC1CCC(F)(F)CC1)c1ccc(C(F)=CC(c2cc(Br)c(Cl)c(Br)c2)C(F)(F)F)cc1C(F)(F)F. The summed E-state index contributed by atoms with van der Waals surface area (Å²) in [5.41, 5.74) is -3.78. The van der Waals surface area contributed by atoms with Crippen LogP contribution in [0.5, 0.6) is 0 Å². The third-order valence-electron chi connectivity index (χ3n) is 5.93. The molecule has 1 fully saturated rings. The molecule has 1 aliphatic rings. The van der Waals surface area contributed by atoms with Gasteiger partial charge in [-0.3, -0.25) is 4.79 Å². The number of alkyl halides is 8. The highest BCUT2D eigenvalue weighted by atomic mass is 79.9. The van der Waals surface area contributed by atoms with E-state index in [4.69, 9.17) is 11.6 Å². The molecule has 0 radical (unpaired) electrons. The van der Waals surface area contributed by atoms with Crippen LogP contribution >= 0.6 is 43.5 Å². The zero-order valence-corrected chi connectivity index (χ0v) is 22.8. The number of hydrogen-bond donors (Lipinski definition) is 1. The summed E-state index contributed by atoms with van der Waals surface area (Å²) in [5.74, 6) is -8.29. The lowest BCUT2D eigenvalue weighted by Crippen LogP contribution is -2.40. The van der Waals surface area contributed by atoms with Gasteiger partial charge in [-0.05, 0) is 80.6 Å². The number of carbonyl (C=O) groups excluding carboxylic acids is 1. The molecule has 0 saturated heterocycles. The number of nitrogens with one attached hydrogen (secondary N) is 1. The molecule has 1 atom stereocenters. The molecule has 208 valence electrons. The fourth-order valence-corrected chi connectivity index (χ4v) is 5.28. The van der Waals surface area contributed by atoms with E-state index in [0.717, 1.165) is 18.2 Å². The van der Waals surface area contributed by atoms with Crippen LogP contribution in [0.1, 0.15) is 58.6 Å². The van der Waals surface area contributed by atoms with Crippen LogP contribution in [0.2, 0.25) is 5.02 Å². The van der Waals surface area contributed by atoms with Gasteiger partial charge < -0.3 is 5.32 Å². The Labute approximate surface area is 232 Å². The average Bonchev–Trinajstić information content (AvgIpc) is 2.80. The number of benzene rings is 2. The van der Waals surface area contributed by atoms with E-state index in [0.29, 0.717) is 6.07 Å². The molecule has 1 aliphatic carbocycles. The minimum atomic E-state index is -5.17. The topological polar surface area (TPSA) is 29.1 Å². The van der Waals surface area contributed by atoms with E-state index in [1.165, 1.54) is 0 Å². The Morgan fingerprint density at radius 3 is 2.08 bits per heavy atom. The molecule has 1 unspecified atom stereocenters. The minimum absolute atomic E-state index is 0.0600. The van der Waals surface area contributed by atoms with Crippen LogP contribution < -0.4 is 5.32 Å². The maximum absolute atomic E-state index is 15.0. The Bertz CT molecular complexity index is 1210. The van der Waals surface area contributed by atoms with Gasteiger partial charge in [0, 0.05) is 33.4 Å². The van der Waals surface area contributed by atoms with Gasteiger partial charge in [-0.2, -0.15) is 26.3 Å². The Kier molecular flexibility index (Phi) is 9.24. The zero-order chi connectivity index (χ0) is 28.6. The lowest BCUT2D eigenvalue weighted by atomic mass is 9.91. The first-order valence-corrected chi connectivity index (χ1v) is 12.8. The largest absolute Gasteiger partial charge is 0.417 e. The fourth-order valence-electron chi connectivity index (χ4n) is 3.95. The summed E-state index contributed by atoms with van der Waals surface area (Å²) >= 11 is 11.9. The maximum atomic E-state index is 15.0. The number of allylic oxidation sites excluding steroid dienone is 1. The van der Waals surface area contributed by atoms with Gasteiger partial charge in [-0.1, -0.05) is 17.7 Å². The molecule has 2 aromatic rings. The van der Waals surface area contributed by atoms with Gasteiger partial charge in [-0.25, -0.2) is 13.2 Å². The van der Waals surface area contributed by atoms with Crippen LogP contribution in [0, 0.1) is 0 Å². The van der Waals surface area contributed by atoms with Gasteiger partial charge in [0.05, 0.1) is 16.1 Å². The van der Waals surface area contributed by atoms with Gasteiger partial charge >= 0.3 is 12.4 Å². The monoisotopic (exact) mass is 699 g/mol. The molecule has 3 rings (SSSR count).